The zero-order valence-electron chi connectivity index (χ0n) is 9.88. The Balaban J connectivity index is 2.16. The molecule has 0 radical (unpaired) electrons. The van der Waals surface area contributed by atoms with Crippen LogP contribution >= 0.6 is 11.3 Å². The van der Waals surface area contributed by atoms with E-state index in [0.29, 0.717) is 12.2 Å². The lowest BCUT2D eigenvalue weighted by Crippen LogP contribution is -2.23. The number of aryl methyl sites for hydroxylation is 1. The summed E-state index contributed by atoms with van der Waals surface area (Å²) in [6, 6.07) is 8.22. The molecule has 0 saturated heterocycles. The normalized spacial score (nSPS) is 11.6. The largest absolute Gasteiger partial charge is 0.399 e. The summed E-state index contributed by atoms with van der Waals surface area (Å²) in [5.74, 6) is 0. The Kier molecular flexibility index (Phi) is 3.70. The lowest BCUT2D eigenvalue weighted by atomic mass is 10.3. The summed E-state index contributed by atoms with van der Waals surface area (Å²) >= 11 is 1.54. The molecule has 0 fully saturated rings. The van der Waals surface area contributed by atoms with Crippen LogP contribution in [0.1, 0.15) is 10.4 Å². The predicted octanol–water partition coefficient (Wildman–Crippen LogP) is 2.12. The average molecular weight is 282 g/mol. The summed E-state index contributed by atoms with van der Waals surface area (Å²) in [7, 11) is -3.50. The number of sulfonamides is 1. The minimum atomic E-state index is -3.50. The zero-order valence-corrected chi connectivity index (χ0v) is 11.5. The number of nitrogens with two attached hydrogens (primary N) is 1. The van der Waals surface area contributed by atoms with Crippen LogP contribution in [0.4, 0.5) is 5.69 Å². The van der Waals surface area contributed by atoms with Gasteiger partial charge in [0.1, 0.15) is 0 Å². The summed E-state index contributed by atoms with van der Waals surface area (Å²) in [5, 5.41) is 1.94. The maximum Gasteiger partial charge on any atom is 0.240 e. The molecule has 2 aromatic rings. The summed E-state index contributed by atoms with van der Waals surface area (Å²) in [6.45, 7) is 2.27. The first-order valence-electron chi connectivity index (χ1n) is 5.37. The minimum Gasteiger partial charge on any atom is -0.399 e. The van der Waals surface area contributed by atoms with Gasteiger partial charge in [0, 0.05) is 17.1 Å². The van der Waals surface area contributed by atoms with E-state index in [9.17, 15) is 8.42 Å². The molecule has 0 aliphatic rings. The quantitative estimate of drug-likeness (QED) is 0.844. The fourth-order valence-corrected chi connectivity index (χ4v) is 3.50. The van der Waals surface area contributed by atoms with Crippen molar-refractivity contribution in [1.82, 2.24) is 4.72 Å². The van der Waals surface area contributed by atoms with Gasteiger partial charge in [-0.05, 0) is 42.1 Å². The molecule has 1 aromatic heterocycles. The Hall–Kier alpha value is -1.37. The van der Waals surface area contributed by atoms with E-state index in [2.05, 4.69) is 4.72 Å². The van der Waals surface area contributed by atoms with Crippen molar-refractivity contribution in [2.24, 2.45) is 0 Å². The van der Waals surface area contributed by atoms with Crippen LogP contribution in [-0.4, -0.2) is 8.42 Å². The number of nitrogens with one attached hydrogen (secondary N) is 1. The first-order valence-corrected chi connectivity index (χ1v) is 7.73. The highest BCUT2D eigenvalue weighted by molar-refractivity contribution is 7.89. The van der Waals surface area contributed by atoms with Gasteiger partial charge in [-0.1, -0.05) is 6.07 Å². The van der Waals surface area contributed by atoms with Crippen LogP contribution < -0.4 is 10.5 Å². The minimum absolute atomic E-state index is 0.191. The first-order chi connectivity index (χ1) is 8.49. The lowest BCUT2D eigenvalue weighted by Gasteiger charge is -2.07. The molecule has 6 heteroatoms. The highest BCUT2D eigenvalue weighted by Gasteiger charge is 2.14. The number of hydrogen-bond donors (Lipinski definition) is 2. The maximum atomic E-state index is 12.0. The molecule has 0 unspecified atom stereocenters. The van der Waals surface area contributed by atoms with Crippen molar-refractivity contribution in [2.75, 3.05) is 5.73 Å². The standard InChI is InChI=1S/C12H14N2O2S2/c1-9-5-6-17-12(9)8-14-18(15,16)11-4-2-3-10(13)7-11/h2-7,14H,8,13H2,1H3. The van der Waals surface area contributed by atoms with Crippen LogP contribution in [0.15, 0.2) is 40.6 Å². The molecule has 0 aliphatic heterocycles. The van der Waals surface area contributed by atoms with E-state index in [1.807, 2.05) is 18.4 Å². The van der Waals surface area contributed by atoms with Crippen molar-refractivity contribution in [3.8, 4) is 0 Å². The molecule has 0 atom stereocenters. The molecule has 18 heavy (non-hydrogen) atoms. The van der Waals surface area contributed by atoms with Crippen molar-refractivity contribution in [2.45, 2.75) is 18.4 Å². The molecule has 4 nitrogen and oxygen atoms in total. The highest BCUT2D eigenvalue weighted by Crippen LogP contribution is 2.17. The number of rotatable bonds is 4. The second-order valence-corrected chi connectivity index (χ2v) is 6.69. The van der Waals surface area contributed by atoms with Crippen LogP contribution in [0.2, 0.25) is 0 Å². The molecule has 0 amide bonds. The summed E-state index contributed by atoms with van der Waals surface area (Å²) in [6.07, 6.45) is 0. The fraction of sp³-hybridized carbons (Fsp3) is 0.167. The van der Waals surface area contributed by atoms with E-state index >= 15 is 0 Å². The van der Waals surface area contributed by atoms with Gasteiger partial charge in [-0.25, -0.2) is 13.1 Å². The van der Waals surface area contributed by atoms with Crippen molar-refractivity contribution in [3.63, 3.8) is 0 Å². The molecule has 0 bridgehead atoms. The van der Waals surface area contributed by atoms with Gasteiger partial charge in [0.2, 0.25) is 10.0 Å². The molecule has 0 aliphatic carbocycles. The molecule has 96 valence electrons. The molecule has 1 aromatic carbocycles. The molecular formula is C12H14N2O2S2. The molecule has 1 heterocycles. The van der Waals surface area contributed by atoms with Gasteiger partial charge < -0.3 is 5.73 Å². The Bertz CT molecular complexity index is 648. The first kappa shape index (κ1) is 13.1. The molecule has 0 spiro atoms. The van der Waals surface area contributed by atoms with Crippen molar-refractivity contribution >= 4 is 27.0 Å². The van der Waals surface area contributed by atoms with Gasteiger partial charge in [0.15, 0.2) is 0 Å². The number of thiophene rings is 1. The topological polar surface area (TPSA) is 72.2 Å². The zero-order chi connectivity index (χ0) is 13.2. The third-order valence-corrected chi connectivity index (χ3v) is 4.98. The van der Waals surface area contributed by atoms with Gasteiger partial charge in [-0.15, -0.1) is 11.3 Å². The summed E-state index contributed by atoms with van der Waals surface area (Å²) in [4.78, 5) is 1.21. The van der Waals surface area contributed by atoms with Gasteiger partial charge in [-0.2, -0.15) is 0 Å². The van der Waals surface area contributed by atoms with E-state index in [4.69, 9.17) is 5.73 Å². The summed E-state index contributed by atoms with van der Waals surface area (Å²) < 4.78 is 26.6. The van der Waals surface area contributed by atoms with Crippen LogP contribution in [-0.2, 0) is 16.6 Å². The van der Waals surface area contributed by atoms with Crippen LogP contribution in [0.3, 0.4) is 0 Å². The van der Waals surface area contributed by atoms with E-state index in [-0.39, 0.29) is 4.90 Å². The van der Waals surface area contributed by atoms with Gasteiger partial charge in [0.25, 0.3) is 0 Å². The molecular weight excluding hydrogens is 268 g/mol. The van der Waals surface area contributed by atoms with E-state index in [1.54, 1.807) is 12.1 Å². The second-order valence-electron chi connectivity index (χ2n) is 3.92. The Morgan fingerprint density at radius 2 is 2.11 bits per heavy atom. The number of benzene rings is 1. The van der Waals surface area contributed by atoms with Crippen molar-refractivity contribution in [3.05, 3.63) is 46.2 Å². The van der Waals surface area contributed by atoms with Crippen LogP contribution in [0.5, 0.6) is 0 Å². The highest BCUT2D eigenvalue weighted by atomic mass is 32.2. The van der Waals surface area contributed by atoms with Crippen molar-refractivity contribution < 1.29 is 8.42 Å². The Morgan fingerprint density at radius 3 is 2.72 bits per heavy atom. The van der Waals surface area contributed by atoms with Gasteiger partial charge in [-0.3, -0.25) is 0 Å². The molecule has 0 saturated carbocycles. The van der Waals surface area contributed by atoms with Crippen LogP contribution in [0.25, 0.3) is 0 Å². The number of hydrogen-bond acceptors (Lipinski definition) is 4. The summed E-state index contributed by atoms with van der Waals surface area (Å²) in [5.41, 5.74) is 7.11. The molecule has 2 rings (SSSR count). The lowest BCUT2D eigenvalue weighted by molar-refractivity contribution is 0.582. The predicted molar refractivity (Wildman–Crippen MR) is 73.9 cm³/mol. The Morgan fingerprint density at radius 1 is 1.33 bits per heavy atom. The van der Waals surface area contributed by atoms with E-state index in [0.717, 1.165) is 10.4 Å². The monoisotopic (exact) mass is 282 g/mol. The van der Waals surface area contributed by atoms with Gasteiger partial charge >= 0.3 is 0 Å². The number of anilines is 1. The Labute approximate surface area is 111 Å². The smallest absolute Gasteiger partial charge is 0.240 e. The SMILES string of the molecule is Cc1ccsc1CNS(=O)(=O)c1cccc(N)c1. The van der Waals surface area contributed by atoms with Crippen LogP contribution in [0, 0.1) is 6.92 Å². The van der Waals surface area contributed by atoms with E-state index < -0.39 is 10.0 Å². The fourth-order valence-electron chi connectivity index (χ4n) is 1.51. The maximum absolute atomic E-state index is 12.0. The van der Waals surface area contributed by atoms with E-state index in [1.165, 1.54) is 23.5 Å². The van der Waals surface area contributed by atoms with Gasteiger partial charge in [0.05, 0.1) is 4.90 Å². The van der Waals surface area contributed by atoms with Crippen molar-refractivity contribution in [1.29, 1.82) is 0 Å². The third kappa shape index (κ3) is 2.90. The second kappa shape index (κ2) is 5.09. The molecule has 3 N–H and O–H groups in total. The average Bonchev–Trinajstić information content (AvgIpc) is 2.72. The number of nitrogen functional groups attached to an aromatic ring is 1. The third-order valence-electron chi connectivity index (χ3n) is 2.56.